The Labute approximate surface area is 167 Å². The van der Waals surface area contributed by atoms with Gasteiger partial charge >= 0.3 is 0 Å². The van der Waals surface area contributed by atoms with Crippen LogP contribution in [0.25, 0.3) is 0 Å². The molecule has 7 heteroatoms. The molecule has 2 aliphatic rings. The van der Waals surface area contributed by atoms with Crippen LogP contribution in [0.5, 0.6) is 5.75 Å². The van der Waals surface area contributed by atoms with E-state index in [0.717, 1.165) is 6.42 Å². The van der Waals surface area contributed by atoms with Gasteiger partial charge < -0.3 is 14.7 Å². The number of carbonyl (C=O) groups is 2. The van der Waals surface area contributed by atoms with Gasteiger partial charge in [-0.25, -0.2) is 4.99 Å². The van der Waals surface area contributed by atoms with Crippen molar-refractivity contribution in [1.82, 2.24) is 5.16 Å². The highest BCUT2D eigenvalue weighted by Gasteiger charge is 2.28. The standard InChI is InChI=1S/C22H22N2O5/c25-16-6-2-1-5-13(16)23-14(21-17(26)7-3-8-18(21)27)11-12-15-22-19(28)9-4-10-20(22)29-24-15/h1-2,5-6,25-26H,3-4,7-12H2. The molecule has 2 aliphatic carbocycles. The summed E-state index contributed by atoms with van der Waals surface area (Å²) in [6.45, 7) is 0. The van der Waals surface area contributed by atoms with Gasteiger partial charge in [-0.3, -0.25) is 9.59 Å². The molecule has 2 aromatic rings. The number of hydrogen-bond acceptors (Lipinski definition) is 7. The van der Waals surface area contributed by atoms with Crippen molar-refractivity contribution < 1.29 is 24.3 Å². The van der Waals surface area contributed by atoms with E-state index in [2.05, 4.69) is 10.1 Å². The van der Waals surface area contributed by atoms with E-state index in [0.29, 0.717) is 66.9 Å². The van der Waals surface area contributed by atoms with Crippen LogP contribution in [-0.2, 0) is 17.6 Å². The van der Waals surface area contributed by atoms with Crippen LogP contribution in [0.2, 0.25) is 0 Å². The number of aryl methyl sites for hydroxylation is 2. The van der Waals surface area contributed by atoms with Crippen molar-refractivity contribution in [3.8, 4) is 5.75 Å². The van der Waals surface area contributed by atoms with Crippen LogP contribution in [-0.4, -0.2) is 32.6 Å². The van der Waals surface area contributed by atoms with Gasteiger partial charge in [-0.2, -0.15) is 0 Å². The summed E-state index contributed by atoms with van der Waals surface area (Å²) in [6.07, 6.45) is 3.92. The summed E-state index contributed by atoms with van der Waals surface area (Å²) in [4.78, 5) is 29.3. The number of Topliss-reactive ketones (excluding diaryl/α,β-unsaturated/α-hetero) is 2. The zero-order valence-corrected chi connectivity index (χ0v) is 16.0. The number of rotatable bonds is 5. The average molecular weight is 394 g/mol. The number of benzene rings is 1. The maximum atomic E-state index is 12.5. The van der Waals surface area contributed by atoms with Gasteiger partial charge in [-0.1, -0.05) is 17.3 Å². The Morgan fingerprint density at radius 1 is 1.03 bits per heavy atom. The van der Waals surface area contributed by atoms with Gasteiger partial charge in [0.15, 0.2) is 11.6 Å². The number of nitrogens with zero attached hydrogens (tertiary/aromatic N) is 2. The van der Waals surface area contributed by atoms with Crippen molar-refractivity contribution in [3.05, 3.63) is 52.6 Å². The van der Waals surface area contributed by atoms with Crippen molar-refractivity contribution in [1.29, 1.82) is 0 Å². The molecule has 2 N–H and O–H groups in total. The van der Waals surface area contributed by atoms with Crippen LogP contribution < -0.4 is 0 Å². The van der Waals surface area contributed by atoms with Crippen LogP contribution >= 0.6 is 0 Å². The van der Waals surface area contributed by atoms with Crippen LogP contribution in [0.3, 0.4) is 0 Å². The van der Waals surface area contributed by atoms with Crippen molar-refractivity contribution in [3.63, 3.8) is 0 Å². The molecule has 0 saturated carbocycles. The second-order valence-corrected chi connectivity index (χ2v) is 7.35. The lowest BCUT2D eigenvalue weighted by atomic mass is 9.89. The van der Waals surface area contributed by atoms with E-state index < -0.39 is 0 Å². The Morgan fingerprint density at radius 2 is 1.79 bits per heavy atom. The zero-order valence-electron chi connectivity index (χ0n) is 16.0. The molecule has 0 bridgehead atoms. The van der Waals surface area contributed by atoms with Crippen LogP contribution in [0, 0.1) is 0 Å². The molecule has 1 heterocycles. The molecule has 29 heavy (non-hydrogen) atoms. The fourth-order valence-electron chi connectivity index (χ4n) is 3.89. The summed E-state index contributed by atoms with van der Waals surface area (Å²) >= 11 is 0. The molecule has 0 saturated heterocycles. The summed E-state index contributed by atoms with van der Waals surface area (Å²) in [5.41, 5.74) is 2.01. The van der Waals surface area contributed by atoms with E-state index in [1.54, 1.807) is 18.2 Å². The molecule has 0 unspecified atom stereocenters. The summed E-state index contributed by atoms with van der Waals surface area (Å²) in [6, 6.07) is 6.57. The predicted octanol–water partition coefficient (Wildman–Crippen LogP) is 4.17. The SMILES string of the molecule is O=C1CCCC(O)=C1C(CCc1noc2c1C(=O)CCC2)=Nc1ccccc1O. The molecule has 0 radical (unpaired) electrons. The molecule has 0 aliphatic heterocycles. The van der Waals surface area contributed by atoms with Crippen molar-refractivity contribution in [2.45, 2.75) is 51.4 Å². The minimum absolute atomic E-state index is 0.0117. The van der Waals surface area contributed by atoms with Gasteiger partial charge in [0, 0.05) is 25.7 Å². The summed E-state index contributed by atoms with van der Waals surface area (Å²) < 4.78 is 5.34. The minimum atomic E-state index is -0.166. The van der Waals surface area contributed by atoms with E-state index >= 15 is 0 Å². The van der Waals surface area contributed by atoms with Crippen molar-refractivity contribution in [2.24, 2.45) is 4.99 Å². The fourth-order valence-corrected chi connectivity index (χ4v) is 3.89. The first-order valence-electron chi connectivity index (χ1n) is 9.86. The fraction of sp³-hybridized carbons (Fsp3) is 0.364. The average Bonchev–Trinajstić information content (AvgIpc) is 3.12. The summed E-state index contributed by atoms with van der Waals surface area (Å²) in [5.74, 6) is 0.487. The Morgan fingerprint density at radius 3 is 2.59 bits per heavy atom. The Balaban J connectivity index is 1.69. The molecule has 0 atom stereocenters. The molecule has 4 rings (SSSR count). The van der Waals surface area contributed by atoms with Gasteiger partial charge in [-0.15, -0.1) is 0 Å². The molecule has 0 amide bonds. The van der Waals surface area contributed by atoms with E-state index in [4.69, 9.17) is 4.52 Å². The molecule has 0 spiro atoms. The van der Waals surface area contributed by atoms with Gasteiger partial charge in [0.1, 0.15) is 23.0 Å². The Kier molecular flexibility index (Phi) is 5.29. The first kappa shape index (κ1) is 19.1. The largest absolute Gasteiger partial charge is 0.511 e. The molecule has 150 valence electrons. The number of fused-ring (bicyclic) bond motifs is 1. The second kappa shape index (κ2) is 8.03. The van der Waals surface area contributed by atoms with Crippen molar-refractivity contribution in [2.75, 3.05) is 0 Å². The maximum absolute atomic E-state index is 12.5. The second-order valence-electron chi connectivity index (χ2n) is 7.35. The molecular weight excluding hydrogens is 372 g/mol. The Hall–Kier alpha value is -3.22. The highest BCUT2D eigenvalue weighted by Crippen LogP contribution is 2.31. The van der Waals surface area contributed by atoms with Crippen LogP contribution in [0.4, 0.5) is 5.69 Å². The summed E-state index contributed by atoms with van der Waals surface area (Å²) in [5, 5.41) is 24.5. The molecule has 7 nitrogen and oxygen atoms in total. The van der Waals surface area contributed by atoms with Gasteiger partial charge in [0.2, 0.25) is 0 Å². The Bertz CT molecular complexity index is 1030. The van der Waals surface area contributed by atoms with Crippen LogP contribution in [0.15, 0.2) is 45.1 Å². The number of allylic oxidation sites excluding steroid dienone is 2. The van der Waals surface area contributed by atoms with Gasteiger partial charge in [0.25, 0.3) is 0 Å². The normalized spacial score (nSPS) is 17.6. The summed E-state index contributed by atoms with van der Waals surface area (Å²) in [7, 11) is 0. The van der Waals surface area contributed by atoms with E-state index in [1.807, 2.05) is 0 Å². The molecule has 1 aromatic carbocycles. The number of aliphatic imine (C=N–C) groups is 1. The number of ketones is 2. The lowest BCUT2D eigenvalue weighted by Crippen LogP contribution is -2.20. The highest BCUT2D eigenvalue weighted by molar-refractivity contribution is 6.23. The number of hydrogen-bond donors (Lipinski definition) is 2. The van der Waals surface area contributed by atoms with E-state index in [-0.39, 0.29) is 35.1 Å². The van der Waals surface area contributed by atoms with Gasteiger partial charge in [-0.05, 0) is 37.8 Å². The lowest BCUT2D eigenvalue weighted by molar-refractivity contribution is -0.115. The highest BCUT2D eigenvalue weighted by atomic mass is 16.5. The molecular formula is C22H22N2O5. The number of aliphatic hydroxyl groups excluding tert-OH is 1. The number of phenols is 1. The molecule has 0 fully saturated rings. The predicted molar refractivity (Wildman–Crippen MR) is 106 cm³/mol. The minimum Gasteiger partial charge on any atom is -0.511 e. The third-order valence-corrected chi connectivity index (χ3v) is 5.33. The zero-order chi connectivity index (χ0) is 20.4. The number of aromatic hydroxyl groups is 1. The van der Waals surface area contributed by atoms with Gasteiger partial charge in [0.05, 0.1) is 22.5 Å². The number of aromatic nitrogens is 1. The number of para-hydroxylation sites is 2. The first-order chi connectivity index (χ1) is 14.0. The lowest BCUT2D eigenvalue weighted by Gasteiger charge is -2.17. The number of aliphatic hydroxyl groups is 1. The number of carbonyl (C=O) groups excluding carboxylic acids is 2. The quantitative estimate of drug-likeness (QED) is 0.736. The monoisotopic (exact) mass is 394 g/mol. The van der Waals surface area contributed by atoms with Crippen molar-refractivity contribution >= 4 is 23.0 Å². The third kappa shape index (κ3) is 3.85. The smallest absolute Gasteiger partial charge is 0.168 e. The maximum Gasteiger partial charge on any atom is 0.168 e. The van der Waals surface area contributed by atoms with Crippen LogP contribution in [0.1, 0.15) is 60.3 Å². The first-order valence-corrected chi connectivity index (χ1v) is 9.86. The van der Waals surface area contributed by atoms with E-state index in [1.165, 1.54) is 6.07 Å². The third-order valence-electron chi connectivity index (χ3n) is 5.33. The van der Waals surface area contributed by atoms with E-state index in [9.17, 15) is 19.8 Å². The topological polar surface area (TPSA) is 113 Å². The molecule has 1 aromatic heterocycles. The number of phenolic OH excluding ortho intramolecular Hbond substituents is 1.